The van der Waals surface area contributed by atoms with E-state index in [4.69, 9.17) is 5.73 Å². The number of hydrogen-bond donors (Lipinski definition) is 2. The summed E-state index contributed by atoms with van der Waals surface area (Å²) in [6.45, 7) is 2.74. The van der Waals surface area contributed by atoms with Crippen molar-refractivity contribution in [3.8, 4) is 0 Å². The van der Waals surface area contributed by atoms with Crippen molar-refractivity contribution >= 4 is 23.2 Å². The van der Waals surface area contributed by atoms with Crippen LogP contribution >= 0.6 is 0 Å². The van der Waals surface area contributed by atoms with Crippen LogP contribution in [0.4, 0.5) is 11.4 Å². The van der Waals surface area contributed by atoms with Gasteiger partial charge in [0.25, 0.3) is 5.91 Å². The number of nitrogen functional groups attached to an aromatic ring is 1. The van der Waals surface area contributed by atoms with Crippen LogP contribution in [-0.2, 0) is 4.79 Å². The minimum absolute atomic E-state index is 0.0304. The molecule has 0 spiro atoms. The number of nitrogens with two attached hydrogens (primary N) is 1. The second-order valence-corrected chi connectivity index (χ2v) is 4.66. The summed E-state index contributed by atoms with van der Waals surface area (Å²) in [6, 6.07) is 5.07. The second-order valence-electron chi connectivity index (χ2n) is 4.66. The van der Waals surface area contributed by atoms with Gasteiger partial charge in [0.05, 0.1) is 17.8 Å². The molecule has 0 radical (unpaired) electrons. The molecule has 6 nitrogen and oxygen atoms in total. The summed E-state index contributed by atoms with van der Waals surface area (Å²) in [5.74, 6) is -0.229. The van der Waals surface area contributed by atoms with E-state index < -0.39 is 0 Å². The number of carbonyl (C=O) groups is 2. The molecule has 0 atom stereocenters. The number of likely N-dealkylation sites (N-methyl/N-ethyl adjacent to an activating group) is 2. The number of rotatable bonds is 5. The molecule has 0 aromatic heterocycles. The zero-order valence-electron chi connectivity index (χ0n) is 12.4. The van der Waals surface area contributed by atoms with Crippen LogP contribution in [0, 0.1) is 0 Å². The smallest absolute Gasteiger partial charge is 0.253 e. The zero-order chi connectivity index (χ0) is 15.3. The van der Waals surface area contributed by atoms with Gasteiger partial charge in [-0.15, -0.1) is 0 Å². The van der Waals surface area contributed by atoms with Gasteiger partial charge in [-0.2, -0.15) is 0 Å². The lowest BCUT2D eigenvalue weighted by Gasteiger charge is -2.26. The summed E-state index contributed by atoms with van der Waals surface area (Å²) in [5, 5.41) is 2.59. The quantitative estimate of drug-likeness (QED) is 0.771. The predicted octanol–water partition coefficient (Wildman–Crippen LogP) is 0.543. The molecule has 0 saturated carbocycles. The maximum absolute atomic E-state index is 11.9. The molecule has 1 aromatic rings. The molecule has 0 aliphatic carbocycles. The fraction of sp³-hybridized carbons (Fsp3) is 0.429. The molecule has 0 bridgehead atoms. The highest BCUT2D eigenvalue weighted by atomic mass is 16.2. The summed E-state index contributed by atoms with van der Waals surface area (Å²) in [5.41, 5.74) is 7.54. The minimum atomic E-state index is -0.198. The molecule has 1 aromatic carbocycles. The molecule has 20 heavy (non-hydrogen) atoms. The third kappa shape index (κ3) is 3.63. The number of anilines is 2. The van der Waals surface area contributed by atoms with Crippen LogP contribution in [-0.4, -0.2) is 50.9 Å². The topological polar surface area (TPSA) is 78.7 Å². The Hall–Kier alpha value is -2.24. The average molecular weight is 278 g/mol. The van der Waals surface area contributed by atoms with Gasteiger partial charge in [0.1, 0.15) is 0 Å². The molecule has 0 heterocycles. The van der Waals surface area contributed by atoms with E-state index in [1.807, 2.05) is 11.8 Å². The van der Waals surface area contributed by atoms with Crippen LogP contribution in [0.1, 0.15) is 17.3 Å². The van der Waals surface area contributed by atoms with Gasteiger partial charge in [0, 0.05) is 33.4 Å². The molecule has 1 rings (SSSR count). The van der Waals surface area contributed by atoms with Gasteiger partial charge in [0.2, 0.25) is 5.91 Å². The van der Waals surface area contributed by atoms with E-state index in [9.17, 15) is 9.59 Å². The maximum atomic E-state index is 11.9. The van der Waals surface area contributed by atoms with Crippen LogP contribution < -0.4 is 16.0 Å². The van der Waals surface area contributed by atoms with Crippen molar-refractivity contribution in [1.82, 2.24) is 10.2 Å². The van der Waals surface area contributed by atoms with Crippen LogP contribution in [0.25, 0.3) is 0 Å². The summed E-state index contributed by atoms with van der Waals surface area (Å²) in [6.07, 6.45) is 0. The fourth-order valence-electron chi connectivity index (χ4n) is 1.81. The Bertz CT molecular complexity index is 500. The van der Waals surface area contributed by atoms with Crippen LogP contribution in [0.2, 0.25) is 0 Å². The Morgan fingerprint density at radius 1 is 1.30 bits per heavy atom. The molecule has 2 amide bonds. The van der Waals surface area contributed by atoms with Crippen molar-refractivity contribution < 1.29 is 9.59 Å². The van der Waals surface area contributed by atoms with Crippen molar-refractivity contribution in [3.63, 3.8) is 0 Å². The van der Waals surface area contributed by atoms with E-state index in [1.165, 1.54) is 4.90 Å². The number of hydrogen-bond acceptors (Lipinski definition) is 4. The van der Waals surface area contributed by atoms with Crippen molar-refractivity contribution in [2.45, 2.75) is 6.92 Å². The minimum Gasteiger partial charge on any atom is -0.399 e. The third-order valence-corrected chi connectivity index (χ3v) is 3.04. The number of benzene rings is 1. The highest BCUT2D eigenvalue weighted by molar-refractivity contribution is 6.00. The number of amides is 2. The van der Waals surface area contributed by atoms with Crippen LogP contribution in [0.5, 0.6) is 0 Å². The largest absolute Gasteiger partial charge is 0.399 e. The summed E-state index contributed by atoms with van der Waals surface area (Å²) in [7, 11) is 4.98. The van der Waals surface area contributed by atoms with Crippen molar-refractivity contribution in [3.05, 3.63) is 23.8 Å². The highest BCUT2D eigenvalue weighted by Crippen LogP contribution is 2.23. The van der Waals surface area contributed by atoms with Gasteiger partial charge >= 0.3 is 0 Å². The highest BCUT2D eigenvalue weighted by Gasteiger charge is 2.18. The molecular weight excluding hydrogens is 256 g/mol. The second kappa shape index (κ2) is 6.79. The fourth-order valence-corrected chi connectivity index (χ4v) is 1.81. The van der Waals surface area contributed by atoms with Crippen LogP contribution in [0.15, 0.2) is 18.2 Å². The Morgan fingerprint density at radius 3 is 2.45 bits per heavy atom. The zero-order valence-corrected chi connectivity index (χ0v) is 12.4. The molecule has 0 fully saturated rings. The van der Waals surface area contributed by atoms with E-state index in [1.54, 1.807) is 39.3 Å². The third-order valence-electron chi connectivity index (χ3n) is 3.04. The van der Waals surface area contributed by atoms with Gasteiger partial charge in [-0.05, 0) is 25.1 Å². The number of carbonyl (C=O) groups excluding carboxylic acids is 2. The molecule has 6 heteroatoms. The summed E-state index contributed by atoms with van der Waals surface area (Å²) in [4.78, 5) is 27.1. The van der Waals surface area contributed by atoms with Gasteiger partial charge in [0.15, 0.2) is 0 Å². The van der Waals surface area contributed by atoms with E-state index in [-0.39, 0.29) is 18.4 Å². The van der Waals surface area contributed by atoms with E-state index in [0.717, 1.165) is 0 Å². The normalized spacial score (nSPS) is 10.0. The molecule has 3 N–H and O–H groups in total. The standard InChI is InChI=1S/C14H22N4O2/c1-5-18(9-13(19)17(3)4)12-8-10(15)6-7-11(12)14(20)16-2/h6-8H,5,9,15H2,1-4H3,(H,16,20). The van der Waals surface area contributed by atoms with Gasteiger partial charge in [-0.1, -0.05) is 0 Å². The Morgan fingerprint density at radius 2 is 1.95 bits per heavy atom. The lowest BCUT2D eigenvalue weighted by molar-refractivity contribution is -0.127. The molecule has 110 valence electrons. The molecule has 0 unspecified atom stereocenters. The van der Waals surface area contributed by atoms with Gasteiger partial charge in [-0.3, -0.25) is 9.59 Å². The first-order chi connectivity index (χ1) is 9.40. The summed E-state index contributed by atoms with van der Waals surface area (Å²) >= 11 is 0. The summed E-state index contributed by atoms with van der Waals surface area (Å²) < 4.78 is 0. The van der Waals surface area contributed by atoms with E-state index in [0.29, 0.717) is 23.5 Å². The molecule has 0 saturated heterocycles. The average Bonchev–Trinajstić information content (AvgIpc) is 2.43. The van der Waals surface area contributed by atoms with Crippen molar-refractivity contribution in [1.29, 1.82) is 0 Å². The Kier molecular flexibility index (Phi) is 5.37. The SMILES string of the molecule is CCN(CC(=O)N(C)C)c1cc(N)ccc1C(=O)NC. The van der Waals surface area contributed by atoms with Gasteiger partial charge in [-0.25, -0.2) is 0 Å². The molecule has 0 aliphatic rings. The lowest BCUT2D eigenvalue weighted by atomic mass is 10.1. The first kappa shape index (κ1) is 15.8. The number of nitrogens with zero attached hydrogens (tertiary/aromatic N) is 2. The number of nitrogens with one attached hydrogen (secondary N) is 1. The molecule has 0 aliphatic heterocycles. The van der Waals surface area contributed by atoms with Crippen molar-refractivity contribution in [2.75, 3.05) is 44.9 Å². The molecular formula is C14H22N4O2. The lowest BCUT2D eigenvalue weighted by Crippen LogP contribution is -2.37. The monoisotopic (exact) mass is 278 g/mol. The van der Waals surface area contributed by atoms with E-state index in [2.05, 4.69) is 5.32 Å². The first-order valence-corrected chi connectivity index (χ1v) is 6.47. The van der Waals surface area contributed by atoms with Crippen molar-refractivity contribution in [2.24, 2.45) is 0 Å². The first-order valence-electron chi connectivity index (χ1n) is 6.47. The van der Waals surface area contributed by atoms with Crippen LogP contribution in [0.3, 0.4) is 0 Å². The Balaban J connectivity index is 3.16. The maximum Gasteiger partial charge on any atom is 0.253 e. The van der Waals surface area contributed by atoms with E-state index >= 15 is 0 Å². The Labute approximate surface area is 119 Å². The van der Waals surface area contributed by atoms with Gasteiger partial charge < -0.3 is 20.9 Å². The predicted molar refractivity (Wildman–Crippen MR) is 80.8 cm³/mol.